The van der Waals surface area contributed by atoms with E-state index in [0.717, 1.165) is 4.90 Å². The fraction of sp³-hybridized carbons (Fsp3) is 0.125. The zero-order valence-corrected chi connectivity index (χ0v) is 10.0. The Kier molecular flexibility index (Phi) is 3.49. The molecule has 2 aromatic heterocycles. The number of pyridine rings is 1. The van der Waals surface area contributed by atoms with E-state index < -0.39 is 5.97 Å². The predicted octanol–water partition coefficient (Wildman–Crippen LogP) is 0.966. The van der Waals surface area contributed by atoms with Crippen LogP contribution in [0.5, 0.6) is 0 Å². The summed E-state index contributed by atoms with van der Waals surface area (Å²) in [5.74, 6) is -0.994. The molecule has 2 N–H and O–H groups in total. The van der Waals surface area contributed by atoms with Crippen molar-refractivity contribution in [1.29, 1.82) is 0 Å². The number of nitrogens with zero attached hydrogens (tertiary/aromatic N) is 4. The smallest absolute Gasteiger partial charge is 0.325 e. The van der Waals surface area contributed by atoms with E-state index in [9.17, 15) is 4.79 Å². The van der Waals surface area contributed by atoms with Crippen LogP contribution in [0.2, 0.25) is 0 Å². The Morgan fingerprint density at radius 1 is 1.59 bits per heavy atom. The molecule has 0 aromatic carbocycles. The van der Waals surface area contributed by atoms with Gasteiger partial charge in [-0.1, -0.05) is 12.2 Å². The largest absolute Gasteiger partial charge is 0.480 e. The van der Waals surface area contributed by atoms with Gasteiger partial charge in [-0.2, -0.15) is 0 Å². The minimum Gasteiger partial charge on any atom is -0.480 e. The summed E-state index contributed by atoms with van der Waals surface area (Å²) in [5.41, 5.74) is 0. The maximum Gasteiger partial charge on any atom is 0.325 e. The molecule has 17 heavy (non-hydrogen) atoms. The number of aromatic amines is 1. The van der Waals surface area contributed by atoms with Crippen molar-refractivity contribution < 1.29 is 9.90 Å². The number of carbonyl (C=O) groups is 1. The summed E-state index contributed by atoms with van der Waals surface area (Å²) in [5, 5.41) is 19.9. The van der Waals surface area contributed by atoms with Gasteiger partial charge in [-0.15, -0.1) is 5.10 Å². The van der Waals surface area contributed by atoms with E-state index >= 15 is 0 Å². The van der Waals surface area contributed by atoms with E-state index in [1.807, 2.05) is 6.07 Å². The molecule has 0 aliphatic rings. The molecular formula is C8H7N5O2S2. The molecule has 0 unspecified atom stereocenters. The highest BCUT2D eigenvalue weighted by atomic mass is 32.2. The van der Waals surface area contributed by atoms with Crippen LogP contribution in [0.1, 0.15) is 0 Å². The maximum atomic E-state index is 10.6. The van der Waals surface area contributed by atoms with Gasteiger partial charge in [-0.25, -0.2) is 4.68 Å². The third-order valence-electron chi connectivity index (χ3n) is 1.75. The van der Waals surface area contributed by atoms with Gasteiger partial charge in [-0.05, 0) is 34.3 Å². The quantitative estimate of drug-likeness (QED) is 0.798. The molecule has 0 amide bonds. The van der Waals surface area contributed by atoms with E-state index in [0.29, 0.717) is 9.80 Å². The van der Waals surface area contributed by atoms with Gasteiger partial charge in [0.1, 0.15) is 11.2 Å². The minimum atomic E-state index is -0.994. The van der Waals surface area contributed by atoms with Gasteiger partial charge in [0.2, 0.25) is 5.16 Å². The number of tetrazole rings is 1. The lowest BCUT2D eigenvalue weighted by atomic mass is 10.5. The Bertz CT molecular complexity index is 573. The van der Waals surface area contributed by atoms with Crippen molar-refractivity contribution in [3.63, 3.8) is 0 Å². The van der Waals surface area contributed by atoms with Crippen LogP contribution in [0.15, 0.2) is 28.4 Å². The number of carboxylic acids is 1. The number of rotatable bonds is 4. The average molecular weight is 269 g/mol. The molecule has 0 spiro atoms. The van der Waals surface area contributed by atoms with E-state index in [1.54, 1.807) is 12.3 Å². The maximum absolute atomic E-state index is 10.6. The minimum absolute atomic E-state index is 0.266. The molecule has 7 nitrogen and oxygen atoms in total. The predicted molar refractivity (Wildman–Crippen MR) is 61.2 cm³/mol. The molecule has 9 heteroatoms. The number of H-pyrrole nitrogens is 1. The lowest BCUT2D eigenvalue weighted by Gasteiger charge is -2.00. The van der Waals surface area contributed by atoms with Crippen LogP contribution in [0.4, 0.5) is 0 Å². The monoisotopic (exact) mass is 269 g/mol. The number of aromatic nitrogens is 5. The Labute approximate surface area is 105 Å². The number of carboxylic acid groups (broad SMARTS) is 1. The lowest BCUT2D eigenvalue weighted by molar-refractivity contribution is -0.138. The second-order valence-corrected chi connectivity index (χ2v) is 4.48. The van der Waals surface area contributed by atoms with Crippen molar-refractivity contribution in [2.24, 2.45) is 0 Å². The fourth-order valence-corrected chi connectivity index (χ4v) is 1.94. The van der Waals surface area contributed by atoms with Gasteiger partial charge in [0, 0.05) is 11.1 Å². The highest BCUT2D eigenvalue weighted by Gasteiger charge is 2.10. The van der Waals surface area contributed by atoms with Crippen molar-refractivity contribution in [2.75, 3.05) is 0 Å². The van der Waals surface area contributed by atoms with Crippen molar-refractivity contribution >= 4 is 29.9 Å². The normalized spacial score (nSPS) is 10.4. The van der Waals surface area contributed by atoms with E-state index in [1.165, 1.54) is 16.4 Å². The molecule has 2 aromatic rings. The standard InChI is InChI=1S/C8H7N5O2S2/c14-7(15)4-13-8(10-11-12-13)17-5-1-2-6(16)9-3-5/h1-3H,4H2,(H,9,16)(H,14,15). The van der Waals surface area contributed by atoms with Gasteiger partial charge in [-0.3, -0.25) is 4.79 Å². The molecule has 0 aliphatic carbocycles. The lowest BCUT2D eigenvalue weighted by Crippen LogP contribution is -2.11. The van der Waals surface area contributed by atoms with Gasteiger partial charge < -0.3 is 10.1 Å². The first-order valence-corrected chi connectivity index (χ1v) is 5.72. The summed E-state index contributed by atoms with van der Waals surface area (Å²) in [6.07, 6.45) is 1.72. The second kappa shape index (κ2) is 5.06. The zero-order chi connectivity index (χ0) is 12.3. The van der Waals surface area contributed by atoms with Crippen LogP contribution in [-0.2, 0) is 11.3 Å². The van der Waals surface area contributed by atoms with Crippen LogP contribution < -0.4 is 0 Å². The first-order chi connectivity index (χ1) is 8.15. The summed E-state index contributed by atoms with van der Waals surface area (Å²) < 4.78 is 1.84. The molecule has 0 saturated heterocycles. The third kappa shape index (κ3) is 3.11. The second-order valence-electron chi connectivity index (χ2n) is 3.00. The summed E-state index contributed by atoms with van der Waals surface area (Å²) in [7, 11) is 0. The first-order valence-electron chi connectivity index (χ1n) is 4.50. The number of aliphatic carboxylic acids is 1. The van der Waals surface area contributed by atoms with Crippen molar-refractivity contribution in [3.05, 3.63) is 23.0 Å². The van der Waals surface area contributed by atoms with Crippen LogP contribution in [0.25, 0.3) is 0 Å². The molecule has 0 bridgehead atoms. The van der Waals surface area contributed by atoms with Gasteiger partial charge >= 0.3 is 5.97 Å². The first kappa shape index (κ1) is 11.7. The van der Waals surface area contributed by atoms with Gasteiger partial charge in [0.25, 0.3) is 0 Å². The van der Waals surface area contributed by atoms with Crippen LogP contribution in [-0.4, -0.2) is 36.3 Å². The highest BCUT2D eigenvalue weighted by molar-refractivity contribution is 7.99. The SMILES string of the molecule is O=C(O)Cn1nnnc1Sc1ccc(=S)[nH]c1. The zero-order valence-electron chi connectivity index (χ0n) is 8.40. The van der Waals surface area contributed by atoms with Gasteiger partial charge in [0.05, 0.1) is 0 Å². The number of nitrogens with one attached hydrogen (secondary N) is 1. The Hall–Kier alpha value is -1.74. The third-order valence-corrected chi connectivity index (χ3v) is 2.97. The van der Waals surface area contributed by atoms with E-state index in [2.05, 4.69) is 20.5 Å². The average Bonchev–Trinajstić information content (AvgIpc) is 2.68. The summed E-state index contributed by atoms with van der Waals surface area (Å²) >= 11 is 6.17. The van der Waals surface area contributed by atoms with Crippen molar-refractivity contribution in [3.8, 4) is 0 Å². The summed E-state index contributed by atoms with van der Waals surface area (Å²) in [6, 6.07) is 3.55. The molecule has 88 valence electrons. The molecule has 2 rings (SSSR count). The molecule has 0 aliphatic heterocycles. The van der Waals surface area contributed by atoms with Crippen molar-refractivity contribution in [2.45, 2.75) is 16.6 Å². The van der Waals surface area contributed by atoms with Gasteiger partial charge in [0.15, 0.2) is 0 Å². The molecule has 0 saturated carbocycles. The van der Waals surface area contributed by atoms with Crippen LogP contribution in [0.3, 0.4) is 0 Å². The molecule has 0 atom stereocenters. The molecular weight excluding hydrogens is 262 g/mol. The molecule has 0 fully saturated rings. The Morgan fingerprint density at radius 2 is 2.41 bits per heavy atom. The fourth-order valence-electron chi connectivity index (χ4n) is 1.06. The molecule has 0 radical (unpaired) electrons. The van der Waals surface area contributed by atoms with Crippen LogP contribution >= 0.6 is 24.0 Å². The molecule has 2 heterocycles. The Morgan fingerprint density at radius 3 is 3.06 bits per heavy atom. The summed E-state index contributed by atoms with van der Waals surface area (Å²) in [6.45, 7) is -0.266. The number of hydrogen-bond acceptors (Lipinski definition) is 6. The highest BCUT2D eigenvalue weighted by Crippen LogP contribution is 2.23. The number of hydrogen-bond donors (Lipinski definition) is 2. The van der Waals surface area contributed by atoms with Crippen LogP contribution in [0, 0.1) is 4.64 Å². The Balaban J connectivity index is 2.18. The van der Waals surface area contributed by atoms with Crippen molar-refractivity contribution in [1.82, 2.24) is 25.2 Å². The topological polar surface area (TPSA) is 96.7 Å². The van der Waals surface area contributed by atoms with E-state index in [4.69, 9.17) is 17.3 Å². The van der Waals surface area contributed by atoms with E-state index in [-0.39, 0.29) is 6.54 Å². The summed E-state index contributed by atoms with van der Waals surface area (Å²) in [4.78, 5) is 14.3.